The van der Waals surface area contributed by atoms with E-state index in [-0.39, 0.29) is 11.8 Å². The highest BCUT2D eigenvalue weighted by molar-refractivity contribution is 7.99. The van der Waals surface area contributed by atoms with Gasteiger partial charge in [-0.25, -0.2) is 9.97 Å². The summed E-state index contributed by atoms with van der Waals surface area (Å²) in [6.45, 7) is 0. The summed E-state index contributed by atoms with van der Waals surface area (Å²) in [6, 6.07) is 0. The SMILES string of the molecule is Cn1cnc([N+](=O)[O-])c1Sc1nc(N)nc2c1ncn2C. The van der Waals surface area contributed by atoms with Gasteiger partial charge in [0.25, 0.3) is 0 Å². The third-order valence-corrected chi connectivity index (χ3v) is 3.92. The first-order valence-electron chi connectivity index (χ1n) is 5.75. The van der Waals surface area contributed by atoms with Crippen LogP contribution in [-0.2, 0) is 14.1 Å². The predicted molar refractivity (Wildman–Crippen MR) is 74.7 cm³/mol. The molecule has 0 unspecified atom stereocenters. The topological polar surface area (TPSA) is 131 Å². The molecule has 0 aliphatic carbocycles. The summed E-state index contributed by atoms with van der Waals surface area (Å²) in [5.41, 5.74) is 6.78. The van der Waals surface area contributed by atoms with Crippen molar-refractivity contribution < 1.29 is 4.92 Å². The second-order valence-electron chi connectivity index (χ2n) is 4.26. The zero-order chi connectivity index (χ0) is 15.1. The summed E-state index contributed by atoms with van der Waals surface area (Å²) in [4.78, 5) is 26.7. The number of nitrogens with zero attached hydrogens (tertiary/aromatic N) is 7. The molecule has 0 spiro atoms. The molecule has 3 heterocycles. The number of fused-ring (bicyclic) bond motifs is 1. The van der Waals surface area contributed by atoms with Crippen LogP contribution in [0.15, 0.2) is 22.7 Å². The third-order valence-electron chi connectivity index (χ3n) is 2.78. The molecule has 10 nitrogen and oxygen atoms in total. The molecule has 0 aliphatic heterocycles. The number of imidazole rings is 2. The molecule has 0 radical (unpaired) electrons. The molecule has 0 aromatic carbocycles. The summed E-state index contributed by atoms with van der Waals surface area (Å²) in [7, 11) is 3.45. The molecule has 3 aromatic heterocycles. The molecule has 3 rings (SSSR count). The van der Waals surface area contributed by atoms with Crippen molar-refractivity contribution in [2.75, 3.05) is 5.73 Å². The normalized spacial score (nSPS) is 11.1. The van der Waals surface area contributed by atoms with E-state index in [0.717, 1.165) is 11.8 Å². The highest BCUT2D eigenvalue weighted by Crippen LogP contribution is 2.35. The van der Waals surface area contributed by atoms with Gasteiger partial charge in [-0.15, -0.1) is 0 Å². The minimum Gasteiger partial charge on any atom is -0.368 e. The van der Waals surface area contributed by atoms with E-state index in [2.05, 4.69) is 19.9 Å². The molecule has 0 amide bonds. The second kappa shape index (κ2) is 4.70. The van der Waals surface area contributed by atoms with Crippen molar-refractivity contribution in [1.82, 2.24) is 29.1 Å². The van der Waals surface area contributed by atoms with E-state index in [1.807, 2.05) is 0 Å². The molecule has 0 saturated carbocycles. The molecule has 0 bridgehead atoms. The average molecular weight is 306 g/mol. The van der Waals surface area contributed by atoms with Crippen molar-refractivity contribution in [3.05, 3.63) is 22.8 Å². The minimum absolute atomic E-state index is 0.0819. The Kier molecular flexibility index (Phi) is 2.97. The molecule has 0 fully saturated rings. The fourth-order valence-electron chi connectivity index (χ4n) is 1.81. The third kappa shape index (κ3) is 2.16. The van der Waals surface area contributed by atoms with Gasteiger partial charge in [-0.05, 0) is 21.7 Å². The fraction of sp³-hybridized carbons (Fsp3) is 0.200. The van der Waals surface area contributed by atoms with Crippen molar-refractivity contribution in [2.24, 2.45) is 14.1 Å². The standard InChI is InChI=1S/C10H10N8O2S/c1-16-3-12-5-6(16)14-10(11)15-8(5)21-9-7(18(19)20)13-4-17(9)2/h3-4H,1-2H3,(H2,11,14,15). The monoisotopic (exact) mass is 306 g/mol. The highest BCUT2D eigenvalue weighted by Gasteiger charge is 2.23. The number of hydrogen-bond donors (Lipinski definition) is 1. The Hall–Kier alpha value is -2.69. The maximum atomic E-state index is 11.0. The maximum Gasteiger partial charge on any atom is 0.396 e. The summed E-state index contributed by atoms with van der Waals surface area (Å²) in [5, 5.41) is 11.8. The van der Waals surface area contributed by atoms with E-state index in [0.29, 0.717) is 21.2 Å². The van der Waals surface area contributed by atoms with Crippen LogP contribution in [0.4, 0.5) is 11.8 Å². The van der Waals surface area contributed by atoms with Gasteiger partial charge < -0.3 is 25.0 Å². The molecule has 0 atom stereocenters. The van der Waals surface area contributed by atoms with Crippen LogP contribution in [0.2, 0.25) is 0 Å². The Morgan fingerprint density at radius 2 is 1.95 bits per heavy atom. The fourth-order valence-corrected chi connectivity index (χ4v) is 2.78. The lowest BCUT2D eigenvalue weighted by atomic mass is 10.5. The number of nitrogen functional groups attached to an aromatic ring is 1. The number of hydrogen-bond acceptors (Lipinski definition) is 8. The summed E-state index contributed by atoms with van der Waals surface area (Å²) in [5.74, 6) is -0.151. The summed E-state index contributed by atoms with van der Waals surface area (Å²) >= 11 is 1.08. The molecule has 0 aliphatic rings. The van der Waals surface area contributed by atoms with Gasteiger partial charge in [0.2, 0.25) is 12.3 Å². The van der Waals surface area contributed by atoms with Crippen molar-refractivity contribution in [3.8, 4) is 0 Å². The smallest absolute Gasteiger partial charge is 0.368 e. The molecule has 21 heavy (non-hydrogen) atoms. The number of anilines is 1. The van der Waals surface area contributed by atoms with Crippen LogP contribution in [0.1, 0.15) is 0 Å². The molecule has 2 N–H and O–H groups in total. The first-order chi connectivity index (χ1) is 9.97. The number of nitrogens with two attached hydrogens (primary N) is 1. The van der Waals surface area contributed by atoms with Crippen molar-refractivity contribution in [1.29, 1.82) is 0 Å². The maximum absolute atomic E-state index is 11.0. The number of nitro groups is 1. The van der Waals surface area contributed by atoms with Crippen LogP contribution >= 0.6 is 11.8 Å². The van der Waals surface area contributed by atoms with Crippen molar-refractivity contribution in [3.63, 3.8) is 0 Å². The van der Waals surface area contributed by atoms with Gasteiger partial charge in [0.1, 0.15) is 10.5 Å². The zero-order valence-electron chi connectivity index (χ0n) is 11.1. The lowest BCUT2D eigenvalue weighted by molar-refractivity contribution is -0.392. The molecule has 108 valence electrons. The molecule has 11 heteroatoms. The molecular formula is C10H10N8O2S. The zero-order valence-corrected chi connectivity index (χ0v) is 11.9. The first-order valence-corrected chi connectivity index (χ1v) is 6.57. The molecule has 3 aromatic rings. The Labute approximate surface area is 122 Å². The highest BCUT2D eigenvalue weighted by atomic mass is 32.2. The Balaban J connectivity index is 2.14. The van der Waals surface area contributed by atoms with Gasteiger partial charge in [0.15, 0.2) is 10.7 Å². The van der Waals surface area contributed by atoms with E-state index in [4.69, 9.17) is 5.73 Å². The van der Waals surface area contributed by atoms with Gasteiger partial charge in [-0.1, -0.05) is 0 Å². The van der Waals surface area contributed by atoms with Crippen LogP contribution in [-0.4, -0.2) is 34.0 Å². The number of aryl methyl sites for hydroxylation is 2. The van der Waals surface area contributed by atoms with E-state index in [1.165, 1.54) is 6.33 Å². The molecule has 0 saturated heterocycles. The lowest BCUT2D eigenvalue weighted by Gasteiger charge is -2.03. The minimum atomic E-state index is -0.539. The predicted octanol–water partition coefficient (Wildman–Crippen LogP) is 0.738. The van der Waals surface area contributed by atoms with E-state index in [9.17, 15) is 10.1 Å². The lowest BCUT2D eigenvalue weighted by Crippen LogP contribution is -2.00. The average Bonchev–Trinajstić information content (AvgIpc) is 2.95. The van der Waals surface area contributed by atoms with Crippen LogP contribution in [0.3, 0.4) is 0 Å². The largest absolute Gasteiger partial charge is 0.396 e. The van der Waals surface area contributed by atoms with Gasteiger partial charge >= 0.3 is 5.82 Å². The van der Waals surface area contributed by atoms with Gasteiger partial charge in [0.05, 0.1) is 6.33 Å². The second-order valence-corrected chi connectivity index (χ2v) is 5.24. The van der Waals surface area contributed by atoms with Crippen LogP contribution in [0.5, 0.6) is 0 Å². The quantitative estimate of drug-likeness (QED) is 0.426. The van der Waals surface area contributed by atoms with Crippen LogP contribution in [0.25, 0.3) is 11.2 Å². The van der Waals surface area contributed by atoms with Gasteiger partial charge in [-0.3, -0.25) is 0 Å². The van der Waals surface area contributed by atoms with Gasteiger partial charge in [-0.2, -0.15) is 4.98 Å². The summed E-state index contributed by atoms with van der Waals surface area (Å²) in [6.07, 6.45) is 2.96. The van der Waals surface area contributed by atoms with Crippen LogP contribution in [0, 0.1) is 10.1 Å². The number of rotatable bonds is 3. The Morgan fingerprint density at radius 3 is 2.67 bits per heavy atom. The first kappa shape index (κ1) is 13.3. The Bertz CT molecular complexity index is 854. The van der Waals surface area contributed by atoms with E-state index in [1.54, 1.807) is 29.6 Å². The Morgan fingerprint density at radius 1 is 1.24 bits per heavy atom. The van der Waals surface area contributed by atoms with Crippen molar-refractivity contribution in [2.45, 2.75) is 10.1 Å². The van der Waals surface area contributed by atoms with Crippen molar-refractivity contribution >= 4 is 34.7 Å². The van der Waals surface area contributed by atoms with E-state index >= 15 is 0 Å². The number of aromatic nitrogens is 6. The summed E-state index contributed by atoms with van der Waals surface area (Å²) < 4.78 is 3.25. The molecular weight excluding hydrogens is 296 g/mol. The van der Waals surface area contributed by atoms with Crippen LogP contribution < -0.4 is 5.73 Å². The van der Waals surface area contributed by atoms with Gasteiger partial charge in [0, 0.05) is 14.1 Å². The van der Waals surface area contributed by atoms with E-state index < -0.39 is 4.92 Å².